The first-order chi connectivity index (χ1) is 12.3. The molecule has 25 heavy (non-hydrogen) atoms. The Labute approximate surface area is 145 Å². The Morgan fingerprint density at radius 3 is 3.16 bits per heavy atom. The van der Waals surface area contributed by atoms with Crippen LogP contribution in [-0.4, -0.2) is 37.8 Å². The maximum absolute atomic E-state index is 12.0. The standard InChI is InChI=1S/C18H21N5O2/c24-18(7-6-16-4-3-9-25-16)21-14-10-19-23(12-14)13-15-11-22-8-2-1-5-17(22)20-15/h1-2,5,8,10-12,16H,3-4,6-7,9,13H2,(H,21,24)/t16-/m1/s1. The predicted molar refractivity (Wildman–Crippen MR) is 93.4 cm³/mol. The minimum atomic E-state index is 0.00257. The fourth-order valence-electron chi connectivity index (χ4n) is 3.13. The summed E-state index contributed by atoms with van der Waals surface area (Å²) in [6.45, 7) is 1.38. The van der Waals surface area contributed by atoms with Crippen molar-refractivity contribution < 1.29 is 9.53 Å². The van der Waals surface area contributed by atoms with Crippen molar-refractivity contribution in [1.82, 2.24) is 19.2 Å². The van der Waals surface area contributed by atoms with Crippen LogP contribution in [0.3, 0.4) is 0 Å². The zero-order chi connectivity index (χ0) is 17.1. The van der Waals surface area contributed by atoms with Gasteiger partial charge in [-0.2, -0.15) is 5.10 Å². The van der Waals surface area contributed by atoms with E-state index in [1.54, 1.807) is 10.9 Å². The minimum Gasteiger partial charge on any atom is -0.378 e. The third-order valence-corrected chi connectivity index (χ3v) is 4.37. The van der Waals surface area contributed by atoms with E-state index in [-0.39, 0.29) is 12.0 Å². The zero-order valence-corrected chi connectivity index (χ0v) is 14.0. The number of aromatic nitrogens is 4. The third-order valence-electron chi connectivity index (χ3n) is 4.37. The molecule has 7 nitrogen and oxygen atoms in total. The fourth-order valence-corrected chi connectivity index (χ4v) is 3.13. The van der Waals surface area contributed by atoms with Gasteiger partial charge in [0.25, 0.3) is 0 Å². The Morgan fingerprint density at radius 2 is 2.32 bits per heavy atom. The van der Waals surface area contributed by atoms with Crippen LogP contribution < -0.4 is 5.32 Å². The van der Waals surface area contributed by atoms with Crippen LogP contribution in [0, 0.1) is 0 Å². The lowest BCUT2D eigenvalue weighted by atomic mass is 10.1. The second kappa shape index (κ2) is 7.06. The molecular weight excluding hydrogens is 318 g/mol. The monoisotopic (exact) mass is 339 g/mol. The first-order valence-electron chi connectivity index (χ1n) is 8.63. The van der Waals surface area contributed by atoms with Gasteiger partial charge < -0.3 is 14.5 Å². The number of rotatable bonds is 6. The lowest BCUT2D eigenvalue weighted by Gasteiger charge is -2.08. The number of hydrogen-bond acceptors (Lipinski definition) is 4. The van der Waals surface area contributed by atoms with E-state index in [0.717, 1.165) is 37.2 Å². The summed E-state index contributed by atoms with van der Waals surface area (Å²) in [6.07, 6.45) is 11.1. The van der Waals surface area contributed by atoms with E-state index in [9.17, 15) is 4.79 Å². The van der Waals surface area contributed by atoms with Crippen LogP contribution in [-0.2, 0) is 16.1 Å². The molecule has 0 unspecified atom stereocenters. The highest BCUT2D eigenvalue weighted by Gasteiger charge is 2.17. The molecule has 0 aromatic carbocycles. The van der Waals surface area contributed by atoms with Crippen molar-refractivity contribution in [2.75, 3.05) is 11.9 Å². The normalized spacial score (nSPS) is 17.2. The zero-order valence-electron chi connectivity index (χ0n) is 14.0. The van der Waals surface area contributed by atoms with Crippen LogP contribution in [0.5, 0.6) is 0 Å². The molecule has 0 bridgehead atoms. The Kier molecular flexibility index (Phi) is 4.47. The molecule has 3 aromatic rings. The van der Waals surface area contributed by atoms with Crippen molar-refractivity contribution in [3.05, 3.63) is 48.7 Å². The first-order valence-corrected chi connectivity index (χ1v) is 8.63. The van der Waals surface area contributed by atoms with Crippen LogP contribution in [0.15, 0.2) is 43.0 Å². The number of imidazole rings is 1. The molecular formula is C18H21N5O2. The van der Waals surface area contributed by atoms with Crippen molar-refractivity contribution in [3.8, 4) is 0 Å². The van der Waals surface area contributed by atoms with Gasteiger partial charge in [-0.25, -0.2) is 4.98 Å². The second-order valence-corrected chi connectivity index (χ2v) is 6.35. The SMILES string of the molecule is O=C(CC[C@H]1CCCO1)Nc1cnn(Cc2cn3ccccc3n2)c1. The molecule has 3 aromatic heterocycles. The Balaban J connectivity index is 1.32. The Bertz CT molecular complexity index is 830. The highest BCUT2D eigenvalue weighted by Crippen LogP contribution is 2.17. The van der Waals surface area contributed by atoms with E-state index in [1.807, 2.05) is 41.2 Å². The number of anilines is 1. The second-order valence-electron chi connectivity index (χ2n) is 6.35. The quantitative estimate of drug-likeness (QED) is 0.749. The van der Waals surface area contributed by atoms with Gasteiger partial charge in [0.05, 0.1) is 30.2 Å². The number of pyridine rings is 1. The van der Waals surface area contributed by atoms with Crippen molar-refractivity contribution in [3.63, 3.8) is 0 Å². The maximum atomic E-state index is 12.0. The average molecular weight is 339 g/mol. The maximum Gasteiger partial charge on any atom is 0.224 e. The molecule has 1 amide bonds. The summed E-state index contributed by atoms with van der Waals surface area (Å²) in [4.78, 5) is 16.6. The minimum absolute atomic E-state index is 0.00257. The molecule has 7 heteroatoms. The van der Waals surface area contributed by atoms with E-state index in [1.165, 1.54) is 0 Å². The number of ether oxygens (including phenoxy) is 1. The number of amides is 1. The highest BCUT2D eigenvalue weighted by molar-refractivity contribution is 5.90. The summed E-state index contributed by atoms with van der Waals surface area (Å²) < 4.78 is 9.30. The van der Waals surface area contributed by atoms with Crippen LogP contribution in [0.25, 0.3) is 5.65 Å². The van der Waals surface area contributed by atoms with Gasteiger partial charge in [-0.15, -0.1) is 0 Å². The first kappa shape index (κ1) is 15.8. The van der Waals surface area contributed by atoms with Crippen LogP contribution in [0.2, 0.25) is 0 Å². The summed E-state index contributed by atoms with van der Waals surface area (Å²) >= 11 is 0. The van der Waals surface area contributed by atoms with Crippen molar-refractivity contribution in [2.24, 2.45) is 0 Å². The average Bonchev–Trinajstić information content (AvgIpc) is 3.33. The molecule has 0 radical (unpaired) electrons. The van der Waals surface area contributed by atoms with E-state index in [2.05, 4.69) is 15.4 Å². The van der Waals surface area contributed by atoms with Crippen molar-refractivity contribution >= 4 is 17.2 Å². The molecule has 1 fully saturated rings. The van der Waals surface area contributed by atoms with Crippen LogP contribution in [0.1, 0.15) is 31.4 Å². The lowest BCUT2D eigenvalue weighted by Crippen LogP contribution is -2.15. The molecule has 0 saturated carbocycles. The summed E-state index contributed by atoms with van der Waals surface area (Å²) in [5.41, 5.74) is 2.54. The van der Waals surface area contributed by atoms with Gasteiger partial charge in [0.2, 0.25) is 5.91 Å². The molecule has 1 atom stereocenters. The highest BCUT2D eigenvalue weighted by atomic mass is 16.5. The van der Waals surface area contributed by atoms with Gasteiger partial charge in [0.15, 0.2) is 0 Å². The molecule has 0 spiro atoms. The van der Waals surface area contributed by atoms with E-state index < -0.39 is 0 Å². The molecule has 130 valence electrons. The van der Waals surface area contributed by atoms with Crippen LogP contribution in [0.4, 0.5) is 5.69 Å². The Hall–Kier alpha value is -2.67. The largest absolute Gasteiger partial charge is 0.378 e. The van der Waals surface area contributed by atoms with Gasteiger partial charge >= 0.3 is 0 Å². The number of nitrogens with zero attached hydrogens (tertiary/aromatic N) is 4. The van der Waals surface area contributed by atoms with E-state index in [4.69, 9.17) is 4.74 Å². The molecule has 4 rings (SSSR count). The predicted octanol–water partition coefficient (Wildman–Crippen LogP) is 2.48. The molecule has 1 aliphatic heterocycles. The van der Waals surface area contributed by atoms with Gasteiger partial charge in [-0.1, -0.05) is 6.07 Å². The smallest absolute Gasteiger partial charge is 0.224 e. The number of hydrogen-bond donors (Lipinski definition) is 1. The number of fused-ring (bicyclic) bond motifs is 1. The molecule has 1 aliphatic rings. The summed E-state index contributed by atoms with van der Waals surface area (Å²) in [6, 6.07) is 5.90. The third kappa shape index (κ3) is 3.88. The molecule has 1 N–H and O–H groups in total. The topological polar surface area (TPSA) is 73.5 Å². The van der Waals surface area contributed by atoms with Crippen molar-refractivity contribution in [1.29, 1.82) is 0 Å². The van der Waals surface area contributed by atoms with Gasteiger partial charge in [0, 0.05) is 31.6 Å². The van der Waals surface area contributed by atoms with Gasteiger partial charge in [-0.3, -0.25) is 9.48 Å². The van der Waals surface area contributed by atoms with E-state index in [0.29, 0.717) is 18.7 Å². The summed E-state index contributed by atoms with van der Waals surface area (Å²) in [5.74, 6) is 0.00257. The lowest BCUT2D eigenvalue weighted by molar-refractivity contribution is -0.116. The fraction of sp³-hybridized carbons (Fsp3) is 0.389. The van der Waals surface area contributed by atoms with Gasteiger partial charge in [-0.05, 0) is 31.4 Å². The molecule has 4 heterocycles. The van der Waals surface area contributed by atoms with Gasteiger partial charge in [0.1, 0.15) is 5.65 Å². The Morgan fingerprint density at radius 1 is 1.36 bits per heavy atom. The summed E-state index contributed by atoms with van der Waals surface area (Å²) in [7, 11) is 0. The van der Waals surface area contributed by atoms with E-state index >= 15 is 0 Å². The van der Waals surface area contributed by atoms with Crippen molar-refractivity contribution in [2.45, 2.75) is 38.3 Å². The number of nitrogens with one attached hydrogen (secondary N) is 1. The number of carbonyl (C=O) groups is 1. The summed E-state index contributed by atoms with van der Waals surface area (Å²) in [5, 5.41) is 7.20. The molecule has 0 aliphatic carbocycles. The number of carbonyl (C=O) groups excluding carboxylic acids is 1. The molecule has 1 saturated heterocycles. The van der Waals surface area contributed by atoms with Crippen LogP contribution >= 0.6 is 0 Å².